The number of rotatable bonds is 16. The Morgan fingerprint density at radius 3 is 1.73 bits per heavy atom. The maximum Gasteiger partial charge on any atom is 0.0291 e. The van der Waals surface area contributed by atoms with Crippen molar-refractivity contribution < 1.29 is 0 Å². The molecule has 0 bridgehead atoms. The van der Waals surface area contributed by atoms with E-state index in [0.717, 1.165) is 40.8 Å². The molecule has 1 unspecified atom stereocenters. The second-order valence-corrected chi connectivity index (χ2v) is 14.9. The number of hydrogen-bond donors (Lipinski definition) is 1. The van der Waals surface area contributed by atoms with Crippen molar-refractivity contribution in [3.63, 3.8) is 0 Å². The highest BCUT2D eigenvalue weighted by atomic mass is 14.9. The molecule has 1 atom stereocenters. The van der Waals surface area contributed by atoms with Crippen LogP contribution in [0.25, 0.3) is 45.0 Å². The average molecular weight is 776 g/mol. The van der Waals surface area contributed by atoms with Crippen molar-refractivity contribution in [2.45, 2.75) is 32.9 Å². The SMILES string of the molecule is C=C(/C(=C\C=C/Cc1ccccc1)c1ccccc1)C(/C=C/c1cc(-c2ccccc2)cc(-c2ccccc2)c1-c1ccccc1)=C/C(=C\C)C(C)NCc1ccccc1. The topological polar surface area (TPSA) is 12.0 Å². The van der Waals surface area contributed by atoms with Gasteiger partial charge in [-0.15, -0.1) is 0 Å². The monoisotopic (exact) mass is 775 g/mol. The van der Waals surface area contributed by atoms with E-state index in [1.54, 1.807) is 0 Å². The first-order valence-electron chi connectivity index (χ1n) is 20.9. The van der Waals surface area contributed by atoms with E-state index in [2.05, 4.69) is 256 Å². The highest BCUT2D eigenvalue weighted by molar-refractivity contribution is 5.94. The van der Waals surface area contributed by atoms with Crippen molar-refractivity contribution in [1.82, 2.24) is 5.32 Å². The summed E-state index contributed by atoms with van der Waals surface area (Å²) < 4.78 is 0. The molecule has 60 heavy (non-hydrogen) atoms. The Balaban J connectivity index is 1.37. The van der Waals surface area contributed by atoms with E-state index < -0.39 is 0 Å². The predicted octanol–water partition coefficient (Wildman–Crippen LogP) is 15.2. The third kappa shape index (κ3) is 10.9. The van der Waals surface area contributed by atoms with Crippen LogP contribution in [0.2, 0.25) is 0 Å². The molecular weight excluding hydrogens is 723 g/mol. The number of allylic oxidation sites excluding steroid dienone is 8. The fourth-order valence-electron chi connectivity index (χ4n) is 7.53. The smallest absolute Gasteiger partial charge is 0.0291 e. The van der Waals surface area contributed by atoms with Gasteiger partial charge in [-0.3, -0.25) is 0 Å². The van der Waals surface area contributed by atoms with Crippen LogP contribution in [0.5, 0.6) is 0 Å². The van der Waals surface area contributed by atoms with E-state index in [4.69, 9.17) is 6.58 Å². The molecule has 0 aliphatic rings. The largest absolute Gasteiger partial charge is 0.306 e. The van der Waals surface area contributed by atoms with Crippen molar-refractivity contribution in [2.24, 2.45) is 0 Å². The normalized spacial score (nSPS) is 12.9. The fourth-order valence-corrected chi connectivity index (χ4v) is 7.53. The van der Waals surface area contributed by atoms with Gasteiger partial charge in [0.25, 0.3) is 0 Å². The van der Waals surface area contributed by atoms with Gasteiger partial charge in [0.15, 0.2) is 0 Å². The summed E-state index contributed by atoms with van der Waals surface area (Å²) in [6, 6.07) is 68.7. The molecule has 0 aliphatic heterocycles. The summed E-state index contributed by atoms with van der Waals surface area (Å²) in [5.74, 6) is 0. The van der Waals surface area contributed by atoms with Crippen LogP contribution in [0.15, 0.2) is 254 Å². The van der Waals surface area contributed by atoms with Gasteiger partial charge >= 0.3 is 0 Å². The van der Waals surface area contributed by atoms with E-state index in [1.165, 1.54) is 50.1 Å². The van der Waals surface area contributed by atoms with Crippen LogP contribution < -0.4 is 5.32 Å². The van der Waals surface area contributed by atoms with Gasteiger partial charge in [0.05, 0.1) is 0 Å². The lowest BCUT2D eigenvalue weighted by molar-refractivity contribution is 0.616. The van der Waals surface area contributed by atoms with Gasteiger partial charge < -0.3 is 5.32 Å². The van der Waals surface area contributed by atoms with Crippen LogP contribution in [0, 0.1) is 0 Å². The first-order chi connectivity index (χ1) is 29.6. The number of nitrogens with one attached hydrogen (secondary N) is 1. The summed E-state index contributed by atoms with van der Waals surface area (Å²) in [6.45, 7) is 10.00. The summed E-state index contributed by atoms with van der Waals surface area (Å²) in [5, 5.41) is 3.78. The second-order valence-electron chi connectivity index (χ2n) is 14.9. The maximum atomic E-state index is 4.86. The quantitative estimate of drug-likeness (QED) is 0.0964. The molecule has 0 radical (unpaired) electrons. The Labute approximate surface area is 357 Å². The molecule has 1 heteroatoms. The van der Waals surface area contributed by atoms with Crippen LogP contribution >= 0.6 is 0 Å². The molecule has 1 nitrogen and oxygen atoms in total. The Morgan fingerprint density at radius 2 is 1.13 bits per heavy atom. The highest BCUT2D eigenvalue weighted by Gasteiger charge is 2.16. The Kier molecular flexibility index (Phi) is 14.5. The zero-order valence-corrected chi connectivity index (χ0v) is 34.7. The molecule has 0 saturated heterocycles. The number of hydrogen-bond acceptors (Lipinski definition) is 1. The van der Waals surface area contributed by atoms with E-state index in [1.807, 2.05) is 0 Å². The molecule has 0 heterocycles. The average Bonchev–Trinajstić information content (AvgIpc) is 3.32. The molecule has 0 fully saturated rings. The molecule has 7 aromatic carbocycles. The Bertz CT molecular complexity index is 2600. The van der Waals surface area contributed by atoms with Crippen molar-refractivity contribution in [2.75, 3.05) is 0 Å². The van der Waals surface area contributed by atoms with Crippen LogP contribution in [0.1, 0.15) is 36.1 Å². The van der Waals surface area contributed by atoms with Crippen LogP contribution in [-0.2, 0) is 13.0 Å². The standard InChI is InChI=1S/C59H53N/c1-4-49(46(3)60-44-48-28-13-6-14-29-48)41-54(45(2)57(51-32-17-8-18-33-51)38-24-23-27-47-25-11-5-12-26-47)39-40-55-42-56(50-30-15-7-16-31-50)43-58(52-34-19-9-20-35-52)59(55)53-36-21-10-22-37-53/h4-26,28-43,46,60H,2,27,44H2,1,3H3/b24-23-,40-39+,49-4+,54-41+,57-38+. The van der Waals surface area contributed by atoms with Gasteiger partial charge in [-0.25, -0.2) is 0 Å². The molecular formula is C59H53N. The zero-order chi connectivity index (χ0) is 41.4. The lowest BCUT2D eigenvalue weighted by Gasteiger charge is -2.19. The minimum Gasteiger partial charge on any atom is -0.306 e. The van der Waals surface area contributed by atoms with Gasteiger partial charge in [0.2, 0.25) is 0 Å². The lowest BCUT2D eigenvalue weighted by Crippen LogP contribution is -2.27. The summed E-state index contributed by atoms with van der Waals surface area (Å²) in [4.78, 5) is 0. The molecule has 0 aliphatic carbocycles. The third-order valence-electron chi connectivity index (χ3n) is 10.8. The van der Waals surface area contributed by atoms with E-state index >= 15 is 0 Å². The van der Waals surface area contributed by atoms with Gasteiger partial charge in [0, 0.05) is 12.6 Å². The molecule has 7 aromatic rings. The fraction of sp³-hybridized carbons (Fsp3) is 0.0847. The third-order valence-corrected chi connectivity index (χ3v) is 10.8. The molecule has 0 spiro atoms. The number of benzene rings is 7. The molecule has 294 valence electrons. The second kappa shape index (κ2) is 21.1. The van der Waals surface area contributed by atoms with Gasteiger partial charge in [-0.05, 0) is 116 Å². The van der Waals surface area contributed by atoms with E-state index in [9.17, 15) is 0 Å². The van der Waals surface area contributed by atoms with Crippen LogP contribution in [0.4, 0.5) is 0 Å². The first kappa shape index (κ1) is 41.1. The van der Waals surface area contributed by atoms with Crippen molar-refractivity contribution in [1.29, 1.82) is 0 Å². The molecule has 0 saturated carbocycles. The molecule has 0 amide bonds. The lowest BCUT2D eigenvalue weighted by atomic mass is 9.86. The summed E-state index contributed by atoms with van der Waals surface area (Å²) in [7, 11) is 0. The summed E-state index contributed by atoms with van der Waals surface area (Å²) in [5.41, 5.74) is 16.1. The minimum atomic E-state index is 0.0901. The van der Waals surface area contributed by atoms with Crippen LogP contribution in [0.3, 0.4) is 0 Å². The maximum absolute atomic E-state index is 4.86. The van der Waals surface area contributed by atoms with Gasteiger partial charge in [0.1, 0.15) is 0 Å². The van der Waals surface area contributed by atoms with Crippen molar-refractivity contribution in [3.05, 3.63) is 276 Å². The summed E-state index contributed by atoms with van der Waals surface area (Å²) in [6.07, 6.45) is 16.6. The van der Waals surface area contributed by atoms with Crippen LogP contribution in [-0.4, -0.2) is 6.04 Å². The van der Waals surface area contributed by atoms with E-state index in [0.29, 0.717) is 0 Å². The molecule has 1 N–H and O–H groups in total. The Morgan fingerprint density at radius 1 is 0.600 bits per heavy atom. The predicted molar refractivity (Wildman–Crippen MR) is 259 cm³/mol. The Hall–Kier alpha value is -7.06. The molecule has 0 aromatic heterocycles. The van der Waals surface area contributed by atoms with Gasteiger partial charge in [-0.1, -0.05) is 225 Å². The minimum absolute atomic E-state index is 0.0901. The van der Waals surface area contributed by atoms with Crippen molar-refractivity contribution in [3.8, 4) is 33.4 Å². The van der Waals surface area contributed by atoms with Crippen molar-refractivity contribution >= 4 is 11.6 Å². The van der Waals surface area contributed by atoms with Gasteiger partial charge in [-0.2, -0.15) is 0 Å². The zero-order valence-electron chi connectivity index (χ0n) is 34.7. The first-order valence-corrected chi connectivity index (χ1v) is 20.9. The van der Waals surface area contributed by atoms with E-state index in [-0.39, 0.29) is 6.04 Å². The summed E-state index contributed by atoms with van der Waals surface area (Å²) >= 11 is 0. The molecule has 7 rings (SSSR count). The highest BCUT2D eigenvalue weighted by Crippen LogP contribution is 2.40.